The van der Waals surface area contributed by atoms with Crippen molar-refractivity contribution in [1.29, 1.82) is 0 Å². The van der Waals surface area contributed by atoms with E-state index in [-0.39, 0.29) is 11.9 Å². The van der Waals surface area contributed by atoms with Crippen LogP contribution in [0.3, 0.4) is 0 Å². The molecule has 0 saturated heterocycles. The molecule has 0 saturated carbocycles. The highest BCUT2D eigenvalue weighted by Crippen LogP contribution is 2.17. The zero-order chi connectivity index (χ0) is 12.2. The van der Waals surface area contributed by atoms with E-state index in [1.54, 1.807) is 6.92 Å². The molecule has 3 nitrogen and oxygen atoms in total. The van der Waals surface area contributed by atoms with Crippen molar-refractivity contribution in [2.24, 2.45) is 5.73 Å². The Morgan fingerprint density at radius 3 is 2.50 bits per heavy atom. The van der Waals surface area contributed by atoms with Crippen LogP contribution in [0, 0.1) is 0 Å². The Balaban J connectivity index is 2.82. The topological polar surface area (TPSA) is 55.1 Å². The number of benzene rings is 1. The van der Waals surface area contributed by atoms with Crippen molar-refractivity contribution in [1.82, 2.24) is 5.32 Å². The molecule has 0 radical (unpaired) electrons. The van der Waals surface area contributed by atoms with Crippen LogP contribution in [-0.4, -0.2) is 11.9 Å². The lowest BCUT2D eigenvalue weighted by Gasteiger charge is -2.26. The molecule has 0 aliphatic carbocycles. The number of hydrogen-bond donors (Lipinski definition) is 2. The highest BCUT2D eigenvalue weighted by molar-refractivity contribution is 5.87. The molecule has 1 amide bonds. The summed E-state index contributed by atoms with van der Waals surface area (Å²) in [7, 11) is 0. The van der Waals surface area contributed by atoms with Crippen LogP contribution in [0.5, 0.6) is 0 Å². The van der Waals surface area contributed by atoms with Crippen LogP contribution in [0.25, 0.3) is 0 Å². The highest BCUT2D eigenvalue weighted by atomic mass is 16.2. The van der Waals surface area contributed by atoms with E-state index in [1.807, 2.05) is 44.2 Å². The first-order valence-electron chi connectivity index (χ1n) is 5.63. The van der Waals surface area contributed by atoms with E-state index < -0.39 is 5.54 Å². The Morgan fingerprint density at radius 2 is 2.00 bits per heavy atom. The number of nitrogens with one attached hydrogen (secondary N) is 1. The minimum atomic E-state index is -0.968. The maximum Gasteiger partial charge on any atom is 0.244 e. The van der Waals surface area contributed by atoms with Crippen LogP contribution in [-0.2, 0) is 10.3 Å². The summed E-state index contributed by atoms with van der Waals surface area (Å²) in [4.78, 5) is 12.0. The zero-order valence-electron chi connectivity index (χ0n) is 10.2. The van der Waals surface area contributed by atoms with Crippen molar-refractivity contribution in [2.45, 2.75) is 38.8 Å². The smallest absolute Gasteiger partial charge is 0.244 e. The first-order valence-corrected chi connectivity index (χ1v) is 5.63. The number of carbonyl (C=O) groups is 1. The number of hydrogen-bond acceptors (Lipinski definition) is 2. The average Bonchev–Trinajstić information content (AvgIpc) is 2.29. The first kappa shape index (κ1) is 12.7. The third kappa shape index (κ3) is 2.83. The van der Waals surface area contributed by atoms with Crippen molar-refractivity contribution in [3.05, 3.63) is 35.9 Å². The summed E-state index contributed by atoms with van der Waals surface area (Å²) >= 11 is 0. The predicted molar refractivity (Wildman–Crippen MR) is 65.9 cm³/mol. The van der Waals surface area contributed by atoms with E-state index in [1.165, 1.54) is 0 Å². The van der Waals surface area contributed by atoms with Crippen LogP contribution in [0.4, 0.5) is 0 Å². The maximum atomic E-state index is 12.0. The van der Waals surface area contributed by atoms with Crippen LogP contribution < -0.4 is 11.1 Å². The Hall–Kier alpha value is -1.35. The van der Waals surface area contributed by atoms with Crippen molar-refractivity contribution < 1.29 is 4.79 Å². The number of amides is 1. The number of rotatable bonds is 4. The summed E-state index contributed by atoms with van der Waals surface area (Å²) in [6.07, 6.45) is 0.899. The molecule has 1 aromatic rings. The SMILES string of the molecule is CCC(C)NC(=O)C(C)(N)c1ccccc1. The Morgan fingerprint density at radius 1 is 1.44 bits per heavy atom. The molecule has 2 unspecified atom stereocenters. The molecular weight excluding hydrogens is 200 g/mol. The van der Waals surface area contributed by atoms with Crippen molar-refractivity contribution in [3.63, 3.8) is 0 Å². The molecule has 0 aromatic heterocycles. The van der Waals surface area contributed by atoms with Gasteiger partial charge in [-0.1, -0.05) is 37.3 Å². The van der Waals surface area contributed by atoms with Crippen LogP contribution >= 0.6 is 0 Å². The van der Waals surface area contributed by atoms with E-state index in [0.717, 1.165) is 12.0 Å². The third-order valence-corrected chi connectivity index (χ3v) is 2.84. The maximum absolute atomic E-state index is 12.0. The first-order chi connectivity index (χ1) is 7.48. The van der Waals surface area contributed by atoms with Gasteiger partial charge in [-0.3, -0.25) is 4.79 Å². The molecule has 3 N–H and O–H groups in total. The van der Waals surface area contributed by atoms with Gasteiger partial charge in [0.05, 0.1) is 0 Å². The Kier molecular flexibility index (Phi) is 4.07. The minimum absolute atomic E-state index is 0.131. The second kappa shape index (κ2) is 5.12. The molecule has 0 heterocycles. The van der Waals surface area contributed by atoms with E-state index in [0.29, 0.717) is 0 Å². The molecule has 0 spiro atoms. The summed E-state index contributed by atoms with van der Waals surface area (Å²) in [6, 6.07) is 9.58. The van der Waals surface area contributed by atoms with Gasteiger partial charge in [-0.15, -0.1) is 0 Å². The molecule has 3 heteroatoms. The van der Waals surface area contributed by atoms with E-state index >= 15 is 0 Å². The fourth-order valence-corrected chi connectivity index (χ4v) is 1.39. The lowest BCUT2D eigenvalue weighted by molar-refractivity contribution is -0.126. The summed E-state index contributed by atoms with van der Waals surface area (Å²) in [5, 5.41) is 2.90. The molecule has 1 rings (SSSR count). The van der Waals surface area contributed by atoms with Gasteiger partial charge in [0.15, 0.2) is 0 Å². The lowest BCUT2D eigenvalue weighted by Crippen LogP contribution is -2.51. The van der Waals surface area contributed by atoms with Crippen molar-refractivity contribution in [3.8, 4) is 0 Å². The highest BCUT2D eigenvalue weighted by Gasteiger charge is 2.30. The van der Waals surface area contributed by atoms with Gasteiger partial charge in [0.25, 0.3) is 0 Å². The zero-order valence-corrected chi connectivity index (χ0v) is 10.2. The largest absolute Gasteiger partial charge is 0.352 e. The number of carbonyl (C=O) groups excluding carboxylic acids is 1. The lowest BCUT2D eigenvalue weighted by atomic mass is 9.92. The average molecular weight is 220 g/mol. The second-order valence-corrected chi connectivity index (χ2v) is 4.35. The molecular formula is C13H20N2O. The van der Waals surface area contributed by atoms with Gasteiger partial charge in [0.1, 0.15) is 5.54 Å². The molecule has 0 bridgehead atoms. The fourth-order valence-electron chi connectivity index (χ4n) is 1.39. The molecule has 2 atom stereocenters. The van der Waals surface area contributed by atoms with Crippen LogP contribution in [0.15, 0.2) is 30.3 Å². The monoisotopic (exact) mass is 220 g/mol. The number of nitrogens with two attached hydrogens (primary N) is 1. The van der Waals surface area contributed by atoms with Gasteiger partial charge < -0.3 is 11.1 Å². The molecule has 0 aliphatic rings. The van der Waals surface area contributed by atoms with E-state index in [2.05, 4.69) is 5.32 Å². The van der Waals surface area contributed by atoms with Gasteiger partial charge in [-0.05, 0) is 25.8 Å². The molecule has 88 valence electrons. The molecule has 0 aliphatic heterocycles. The summed E-state index contributed by atoms with van der Waals surface area (Å²) in [5.41, 5.74) is 5.93. The minimum Gasteiger partial charge on any atom is -0.352 e. The van der Waals surface area contributed by atoms with Crippen LogP contribution in [0.2, 0.25) is 0 Å². The molecule has 16 heavy (non-hydrogen) atoms. The van der Waals surface area contributed by atoms with Crippen LogP contribution in [0.1, 0.15) is 32.8 Å². The van der Waals surface area contributed by atoms with Gasteiger partial charge in [-0.2, -0.15) is 0 Å². The third-order valence-electron chi connectivity index (χ3n) is 2.84. The van der Waals surface area contributed by atoms with E-state index in [4.69, 9.17) is 5.73 Å². The quantitative estimate of drug-likeness (QED) is 0.812. The summed E-state index contributed by atoms with van der Waals surface area (Å²) in [6.45, 7) is 5.74. The summed E-state index contributed by atoms with van der Waals surface area (Å²) in [5.74, 6) is -0.131. The summed E-state index contributed by atoms with van der Waals surface area (Å²) < 4.78 is 0. The molecule has 1 aromatic carbocycles. The normalized spacial score (nSPS) is 16.2. The van der Waals surface area contributed by atoms with Gasteiger partial charge in [0, 0.05) is 6.04 Å². The standard InChI is InChI=1S/C13H20N2O/c1-4-10(2)15-12(16)13(3,14)11-8-6-5-7-9-11/h5-10H,4,14H2,1-3H3,(H,15,16). The van der Waals surface area contributed by atoms with Crippen molar-refractivity contribution >= 4 is 5.91 Å². The Labute approximate surface area is 97.0 Å². The van der Waals surface area contributed by atoms with Crippen molar-refractivity contribution in [2.75, 3.05) is 0 Å². The van der Waals surface area contributed by atoms with Gasteiger partial charge in [0.2, 0.25) is 5.91 Å². The predicted octanol–water partition coefficient (Wildman–Crippen LogP) is 1.78. The van der Waals surface area contributed by atoms with E-state index in [9.17, 15) is 4.79 Å². The van der Waals surface area contributed by atoms with Gasteiger partial charge >= 0.3 is 0 Å². The molecule has 0 fully saturated rings. The fraction of sp³-hybridized carbons (Fsp3) is 0.462. The Bertz CT molecular complexity index is 346. The van der Waals surface area contributed by atoms with Gasteiger partial charge in [-0.25, -0.2) is 0 Å². The second-order valence-electron chi connectivity index (χ2n) is 4.35.